The van der Waals surface area contributed by atoms with Crippen molar-refractivity contribution in [2.45, 2.75) is 58.8 Å². The lowest BCUT2D eigenvalue weighted by Crippen LogP contribution is -2.39. The molecule has 5 N–H and O–H groups in total. The molecule has 0 aliphatic rings. The summed E-state index contributed by atoms with van der Waals surface area (Å²) < 4.78 is 15.5. The third-order valence-corrected chi connectivity index (χ3v) is 4.93. The van der Waals surface area contributed by atoms with Gasteiger partial charge in [0.05, 0.1) is 18.0 Å². The van der Waals surface area contributed by atoms with E-state index in [9.17, 15) is 9.50 Å². The van der Waals surface area contributed by atoms with Crippen molar-refractivity contribution in [2.75, 3.05) is 16.4 Å². The minimum atomic E-state index is -0.958. The summed E-state index contributed by atoms with van der Waals surface area (Å²) in [5.74, 6) is 0.516. The van der Waals surface area contributed by atoms with Crippen LogP contribution in [0.25, 0.3) is 11.2 Å². The van der Waals surface area contributed by atoms with E-state index in [1.54, 1.807) is 20.2 Å². The zero-order valence-corrected chi connectivity index (χ0v) is 17.4. The predicted octanol–water partition coefficient (Wildman–Crippen LogP) is 3.31. The SMILES string of the molecule is CC(C)n1cnc2c(NCc3cc(F)ccc3N)nc(NC(C)C(C)(C)O)nc21. The van der Waals surface area contributed by atoms with Crippen LogP contribution in [-0.2, 0) is 6.54 Å². The average molecular weight is 401 g/mol. The van der Waals surface area contributed by atoms with Crippen LogP contribution in [0.4, 0.5) is 21.8 Å². The van der Waals surface area contributed by atoms with E-state index in [2.05, 4.69) is 25.6 Å². The van der Waals surface area contributed by atoms with Gasteiger partial charge in [-0.3, -0.25) is 0 Å². The summed E-state index contributed by atoms with van der Waals surface area (Å²) in [6.45, 7) is 9.64. The number of anilines is 3. The molecule has 29 heavy (non-hydrogen) atoms. The maximum Gasteiger partial charge on any atom is 0.227 e. The molecule has 3 aromatic rings. The van der Waals surface area contributed by atoms with E-state index < -0.39 is 5.60 Å². The second kappa shape index (κ2) is 7.82. The highest BCUT2D eigenvalue weighted by atomic mass is 19.1. The van der Waals surface area contributed by atoms with Crippen molar-refractivity contribution in [1.29, 1.82) is 0 Å². The van der Waals surface area contributed by atoms with Crippen LogP contribution in [0.1, 0.15) is 46.2 Å². The fraction of sp³-hybridized carbons (Fsp3) is 0.450. The van der Waals surface area contributed by atoms with Crippen LogP contribution in [0, 0.1) is 5.82 Å². The Morgan fingerprint density at radius 2 is 1.97 bits per heavy atom. The van der Waals surface area contributed by atoms with Crippen LogP contribution in [0.15, 0.2) is 24.5 Å². The van der Waals surface area contributed by atoms with Gasteiger partial charge in [-0.05, 0) is 58.4 Å². The highest BCUT2D eigenvalue weighted by molar-refractivity contribution is 5.84. The lowest BCUT2D eigenvalue weighted by atomic mass is 10.0. The molecule has 0 saturated heterocycles. The Kier molecular flexibility index (Phi) is 5.61. The van der Waals surface area contributed by atoms with Gasteiger partial charge in [0, 0.05) is 18.3 Å². The Hall–Kier alpha value is -2.94. The fourth-order valence-corrected chi connectivity index (χ4v) is 2.76. The Balaban J connectivity index is 1.99. The number of hydrogen-bond acceptors (Lipinski definition) is 7. The Morgan fingerprint density at radius 3 is 2.62 bits per heavy atom. The molecule has 0 amide bonds. The summed E-state index contributed by atoms with van der Waals surface area (Å²) >= 11 is 0. The predicted molar refractivity (Wildman–Crippen MR) is 113 cm³/mol. The number of nitrogen functional groups attached to an aromatic ring is 1. The molecule has 8 nitrogen and oxygen atoms in total. The summed E-state index contributed by atoms with van der Waals surface area (Å²) in [6, 6.07) is 4.12. The highest BCUT2D eigenvalue weighted by Gasteiger charge is 2.24. The maximum absolute atomic E-state index is 13.6. The van der Waals surface area contributed by atoms with Crippen molar-refractivity contribution < 1.29 is 9.50 Å². The fourth-order valence-electron chi connectivity index (χ4n) is 2.76. The first-order chi connectivity index (χ1) is 13.6. The van der Waals surface area contributed by atoms with Crippen LogP contribution >= 0.6 is 0 Å². The average Bonchev–Trinajstić information content (AvgIpc) is 3.05. The molecule has 0 fully saturated rings. The molecule has 0 aliphatic heterocycles. The number of benzene rings is 1. The molecule has 1 unspecified atom stereocenters. The second-order valence-corrected chi connectivity index (χ2v) is 8.03. The maximum atomic E-state index is 13.6. The molecule has 2 aromatic heterocycles. The first-order valence-corrected chi connectivity index (χ1v) is 9.57. The molecule has 0 saturated carbocycles. The van der Waals surface area contributed by atoms with Gasteiger partial charge in [-0.2, -0.15) is 9.97 Å². The Morgan fingerprint density at radius 1 is 1.24 bits per heavy atom. The molecule has 0 radical (unpaired) electrons. The van der Waals surface area contributed by atoms with E-state index in [0.29, 0.717) is 34.2 Å². The van der Waals surface area contributed by atoms with Crippen LogP contribution in [0.3, 0.4) is 0 Å². The van der Waals surface area contributed by atoms with Gasteiger partial charge in [-0.15, -0.1) is 0 Å². The molecular formula is C20H28FN7O. The van der Waals surface area contributed by atoms with Gasteiger partial charge in [0.1, 0.15) is 5.82 Å². The van der Waals surface area contributed by atoms with Gasteiger partial charge >= 0.3 is 0 Å². The third-order valence-electron chi connectivity index (χ3n) is 4.93. The molecule has 1 atom stereocenters. The number of aromatic nitrogens is 4. The Bertz CT molecular complexity index is 1010. The number of halogens is 1. The molecule has 0 spiro atoms. The van der Waals surface area contributed by atoms with E-state index in [4.69, 9.17) is 5.73 Å². The van der Waals surface area contributed by atoms with Gasteiger partial charge in [0.25, 0.3) is 0 Å². The summed E-state index contributed by atoms with van der Waals surface area (Å²) in [7, 11) is 0. The number of fused-ring (bicyclic) bond motifs is 1. The minimum Gasteiger partial charge on any atom is -0.398 e. The van der Waals surface area contributed by atoms with Crippen LogP contribution < -0.4 is 16.4 Å². The molecule has 1 aromatic carbocycles. The lowest BCUT2D eigenvalue weighted by Gasteiger charge is -2.26. The molecule has 156 valence electrons. The molecule has 0 bridgehead atoms. The van der Waals surface area contributed by atoms with Gasteiger partial charge in [-0.25, -0.2) is 9.37 Å². The molecule has 9 heteroatoms. The molecular weight excluding hydrogens is 373 g/mol. The van der Waals surface area contributed by atoms with E-state index in [1.165, 1.54) is 18.2 Å². The van der Waals surface area contributed by atoms with Gasteiger partial charge in [0.15, 0.2) is 17.0 Å². The van der Waals surface area contributed by atoms with Crippen LogP contribution in [0.5, 0.6) is 0 Å². The van der Waals surface area contributed by atoms with Crippen LogP contribution in [0.2, 0.25) is 0 Å². The van der Waals surface area contributed by atoms with E-state index in [0.717, 1.165) is 0 Å². The minimum absolute atomic E-state index is 0.154. The standard InChI is InChI=1S/C20H28FN7O/c1-11(2)28-10-24-16-17(23-9-13-8-14(21)6-7-15(13)22)26-19(27-18(16)28)25-12(3)20(4,5)29/h6-8,10-12,29H,9,22H2,1-5H3,(H2,23,25,26,27). The summed E-state index contributed by atoms with van der Waals surface area (Å²) in [5, 5.41) is 16.6. The van der Waals surface area contributed by atoms with Gasteiger partial charge in [0.2, 0.25) is 5.95 Å². The summed E-state index contributed by atoms with van der Waals surface area (Å²) in [4.78, 5) is 13.6. The van der Waals surface area contributed by atoms with E-state index >= 15 is 0 Å². The molecule has 0 aliphatic carbocycles. The number of nitrogens with one attached hydrogen (secondary N) is 2. The molecule has 3 rings (SSSR count). The van der Waals surface area contributed by atoms with Crippen LogP contribution in [-0.4, -0.2) is 36.3 Å². The number of rotatable bonds is 7. The second-order valence-electron chi connectivity index (χ2n) is 8.03. The van der Waals surface area contributed by atoms with E-state index in [1.807, 2.05) is 25.3 Å². The van der Waals surface area contributed by atoms with Crippen molar-refractivity contribution in [3.05, 3.63) is 35.9 Å². The molecule has 2 heterocycles. The zero-order valence-electron chi connectivity index (χ0n) is 17.4. The topological polar surface area (TPSA) is 114 Å². The smallest absolute Gasteiger partial charge is 0.227 e. The summed E-state index contributed by atoms with van der Waals surface area (Å²) in [6.07, 6.45) is 1.72. The largest absolute Gasteiger partial charge is 0.398 e. The van der Waals surface area contributed by atoms with Gasteiger partial charge in [-0.1, -0.05) is 0 Å². The number of nitrogens with two attached hydrogens (primary N) is 1. The zero-order chi connectivity index (χ0) is 21.3. The van der Waals surface area contributed by atoms with E-state index in [-0.39, 0.29) is 24.4 Å². The van der Waals surface area contributed by atoms with Crippen molar-refractivity contribution >= 4 is 28.6 Å². The third kappa shape index (κ3) is 4.56. The highest BCUT2D eigenvalue weighted by Crippen LogP contribution is 2.25. The number of aliphatic hydroxyl groups is 1. The summed E-state index contributed by atoms with van der Waals surface area (Å²) in [5.41, 5.74) is 7.38. The first-order valence-electron chi connectivity index (χ1n) is 9.57. The van der Waals surface area contributed by atoms with Gasteiger partial charge < -0.3 is 26.0 Å². The number of imidazole rings is 1. The number of nitrogens with zero attached hydrogens (tertiary/aromatic N) is 4. The number of hydrogen-bond donors (Lipinski definition) is 4. The lowest BCUT2D eigenvalue weighted by molar-refractivity contribution is 0.0646. The van der Waals surface area contributed by atoms with Crippen molar-refractivity contribution in [1.82, 2.24) is 19.5 Å². The Labute approximate surface area is 169 Å². The van der Waals surface area contributed by atoms with Crippen molar-refractivity contribution in [3.8, 4) is 0 Å². The quantitative estimate of drug-likeness (QED) is 0.449. The first kappa shape index (κ1) is 20.8. The normalized spacial score (nSPS) is 13.1. The van der Waals surface area contributed by atoms with Crippen molar-refractivity contribution in [2.24, 2.45) is 0 Å². The van der Waals surface area contributed by atoms with Crippen molar-refractivity contribution in [3.63, 3.8) is 0 Å². The monoisotopic (exact) mass is 401 g/mol.